The molecular weight excluding hydrogens is 316 g/mol. The number of rotatable bonds is 6. The van der Waals surface area contributed by atoms with Crippen LogP contribution >= 0.6 is 10.7 Å². The van der Waals surface area contributed by atoms with Crippen LogP contribution in [0, 0.1) is 5.41 Å². The Bertz CT molecular complexity index is 651. The van der Waals surface area contributed by atoms with Crippen molar-refractivity contribution in [2.24, 2.45) is 5.41 Å². The van der Waals surface area contributed by atoms with E-state index in [1.54, 1.807) is 4.57 Å². The Morgan fingerprint density at radius 1 is 1.57 bits per heavy atom. The summed E-state index contributed by atoms with van der Waals surface area (Å²) < 4.78 is 29.4. The van der Waals surface area contributed by atoms with Gasteiger partial charge >= 0.3 is 0 Å². The molecule has 1 saturated carbocycles. The lowest BCUT2D eigenvalue weighted by Gasteiger charge is -2.10. The topological polar surface area (TPSA) is 77.4 Å². The normalized spacial score (nSPS) is 20.3. The minimum absolute atomic E-state index is 0.0829. The molecule has 0 saturated heterocycles. The zero-order valence-electron chi connectivity index (χ0n) is 12.2. The van der Waals surface area contributed by atoms with Gasteiger partial charge in [0.25, 0.3) is 15.0 Å². The van der Waals surface area contributed by atoms with E-state index in [0.717, 1.165) is 6.42 Å². The predicted octanol–water partition coefficient (Wildman–Crippen LogP) is 1.59. The van der Waals surface area contributed by atoms with Crippen LogP contribution in [0.2, 0.25) is 0 Å². The summed E-state index contributed by atoms with van der Waals surface area (Å²) in [5.41, 5.74) is 0.370. The molecule has 1 unspecified atom stereocenters. The minimum Gasteiger partial charge on any atom is -0.383 e. The maximum absolute atomic E-state index is 12.3. The summed E-state index contributed by atoms with van der Waals surface area (Å²) in [6.45, 7) is 4.87. The van der Waals surface area contributed by atoms with E-state index in [0.29, 0.717) is 13.2 Å². The lowest BCUT2D eigenvalue weighted by molar-refractivity contribution is 0.0934. The zero-order valence-corrected chi connectivity index (χ0v) is 13.8. The van der Waals surface area contributed by atoms with Crippen LogP contribution in [0.1, 0.15) is 30.8 Å². The summed E-state index contributed by atoms with van der Waals surface area (Å²) >= 11 is 0. The van der Waals surface area contributed by atoms with Gasteiger partial charge in [-0.2, -0.15) is 0 Å². The molecule has 0 radical (unpaired) electrons. The molecule has 1 heterocycles. The first-order valence-corrected chi connectivity index (χ1v) is 8.91. The van der Waals surface area contributed by atoms with Crippen LogP contribution in [-0.4, -0.2) is 38.7 Å². The monoisotopic (exact) mass is 334 g/mol. The number of carbonyl (C=O) groups excluding carboxylic acids is 1. The molecule has 0 spiro atoms. The molecule has 1 aliphatic rings. The maximum atomic E-state index is 12.3. The van der Waals surface area contributed by atoms with Gasteiger partial charge < -0.3 is 14.6 Å². The molecule has 1 amide bonds. The molecule has 21 heavy (non-hydrogen) atoms. The largest absolute Gasteiger partial charge is 0.383 e. The molecule has 1 N–H and O–H groups in total. The smallest absolute Gasteiger partial charge is 0.268 e. The van der Waals surface area contributed by atoms with Crippen molar-refractivity contribution in [1.82, 2.24) is 9.88 Å². The van der Waals surface area contributed by atoms with Crippen molar-refractivity contribution in [2.45, 2.75) is 37.8 Å². The van der Waals surface area contributed by atoms with Crippen molar-refractivity contribution in [1.29, 1.82) is 0 Å². The van der Waals surface area contributed by atoms with Crippen molar-refractivity contribution < 1.29 is 17.9 Å². The molecular formula is C13H19ClN2O4S. The molecule has 1 aromatic rings. The van der Waals surface area contributed by atoms with Gasteiger partial charge in [-0.05, 0) is 17.9 Å². The number of carbonyl (C=O) groups is 1. The first-order chi connectivity index (χ1) is 9.65. The van der Waals surface area contributed by atoms with E-state index in [9.17, 15) is 13.2 Å². The van der Waals surface area contributed by atoms with Crippen LogP contribution < -0.4 is 5.32 Å². The molecule has 1 atom stereocenters. The van der Waals surface area contributed by atoms with E-state index in [1.165, 1.54) is 19.4 Å². The van der Waals surface area contributed by atoms with Gasteiger partial charge in [0.2, 0.25) is 0 Å². The standard InChI is InChI=1S/C13H19ClN2O4S/c1-13(2)7-11(13)15-12(17)10-6-9(21(14,18)19)8-16(10)4-5-20-3/h6,8,11H,4-5,7H2,1-3H3,(H,15,17). The molecule has 1 fully saturated rings. The summed E-state index contributed by atoms with van der Waals surface area (Å²) in [5, 5.41) is 2.90. The van der Waals surface area contributed by atoms with Gasteiger partial charge in [-0.15, -0.1) is 0 Å². The Labute approximate surface area is 128 Å². The number of amides is 1. The predicted molar refractivity (Wildman–Crippen MR) is 79.0 cm³/mol. The highest BCUT2D eigenvalue weighted by Crippen LogP contribution is 2.44. The van der Waals surface area contributed by atoms with Crippen LogP contribution in [0.25, 0.3) is 0 Å². The van der Waals surface area contributed by atoms with Crippen LogP contribution in [0.4, 0.5) is 0 Å². The molecule has 6 nitrogen and oxygen atoms in total. The van der Waals surface area contributed by atoms with Gasteiger partial charge in [0.15, 0.2) is 0 Å². The minimum atomic E-state index is -3.87. The Morgan fingerprint density at radius 3 is 2.67 bits per heavy atom. The van der Waals surface area contributed by atoms with E-state index in [-0.39, 0.29) is 28.0 Å². The van der Waals surface area contributed by atoms with Crippen LogP contribution in [-0.2, 0) is 20.3 Å². The van der Waals surface area contributed by atoms with E-state index >= 15 is 0 Å². The molecule has 1 aliphatic carbocycles. The number of hydrogen-bond donors (Lipinski definition) is 1. The van der Waals surface area contributed by atoms with E-state index in [2.05, 4.69) is 19.2 Å². The van der Waals surface area contributed by atoms with E-state index in [1.807, 2.05) is 0 Å². The summed E-state index contributed by atoms with van der Waals surface area (Å²) in [6.07, 6.45) is 2.27. The average molecular weight is 335 g/mol. The molecule has 2 rings (SSSR count). The van der Waals surface area contributed by atoms with E-state index in [4.69, 9.17) is 15.4 Å². The zero-order chi connectivity index (χ0) is 15.8. The van der Waals surface area contributed by atoms with Crippen LogP contribution in [0.5, 0.6) is 0 Å². The summed E-state index contributed by atoms with van der Waals surface area (Å²) in [6, 6.07) is 1.41. The lowest BCUT2D eigenvalue weighted by atomic mass is 10.2. The quantitative estimate of drug-likeness (QED) is 0.801. The lowest BCUT2D eigenvalue weighted by Crippen LogP contribution is -2.30. The summed E-state index contributed by atoms with van der Waals surface area (Å²) in [7, 11) is 3.01. The van der Waals surface area contributed by atoms with Crippen molar-refractivity contribution in [3.63, 3.8) is 0 Å². The molecule has 118 valence electrons. The highest BCUT2D eigenvalue weighted by molar-refractivity contribution is 8.13. The third-order valence-corrected chi connectivity index (χ3v) is 5.06. The van der Waals surface area contributed by atoms with Gasteiger partial charge in [-0.25, -0.2) is 8.42 Å². The number of nitrogens with zero attached hydrogens (tertiary/aromatic N) is 1. The van der Waals surface area contributed by atoms with Gasteiger partial charge in [0, 0.05) is 36.6 Å². The first kappa shape index (κ1) is 16.3. The van der Waals surface area contributed by atoms with Crippen LogP contribution in [0.3, 0.4) is 0 Å². The second kappa shape index (κ2) is 5.62. The van der Waals surface area contributed by atoms with Crippen molar-refractivity contribution in [3.05, 3.63) is 18.0 Å². The summed E-state index contributed by atoms with van der Waals surface area (Å²) in [5.74, 6) is -0.298. The number of aromatic nitrogens is 1. The van der Waals surface area contributed by atoms with Gasteiger partial charge in [-0.3, -0.25) is 4.79 Å². The second-order valence-corrected chi connectivity index (χ2v) is 8.47. The van der Waals surface area contributed by atoms with Crippen molar-refractivity contribution in [3.8, 4) is 0 Å². The molecule has 0 aliphatic heterocycles. The fourth-order valence-electron chi connectivity index (χ4n) is 2.13. The Hall–Kier alpha value is -1.05. The fourth-order valence-corrected chi connectivity index (χ4v) is 2.89. The molecule has 8 heteroatoms. The highest BCUT2D eigenvalue weighted by atomic mass is 35.7. The Balaban J connectivity index is 2.23. The van der Waals surface area contributed by atoms with Gasteiger partial charge in [-0.1, -0.05) is 13.8 Å². The SMILES string of the molecule is COCCn1cc(S(=O)(=O)Cl)cc1C(=O)NC1CC1(C)C. The third-order valence-electron chi connectivity index (χ3n) is 3.74. The Kier molecular flexibility index (Phi) is 4.37. The van der Waals surface area contributed by atoms with Crippen LogP contribution in [0.15, 0.2) is 17.2 Å². The van der Waals surface area contributed by atoms with Crippen molar-refractivity contribution in [2.75, 3.05) is 13.7 Å². The average Bonchev–Trinajstić information content (AvgIpc) is 2.79. The number of nitrogens with one attached hydrogen (secondary N) is 1. The van der Waals surface area contributed by atoms with Crippen molar-refractivity contribution >= 4 is 25.6 Å². The first-order valence-electron chi connectivity index (χ1n) is 6.60. The summed E-state index contributed by atoms with van der Waals surface area (Å²) in [4.78, 5) is 12.2. The number of ether oxygens (including phenoxy) is 1. The maximum Gasteiger partial charge on any atom is 0.268 e. The van der Waals surface area contributed by atoms with E-state index < -0.39 is 9.05 Å². The molecule has 1 aromatic heterocycles. The number of hydrogen-bond acceptors (Lipinski definition) is 4. The highest BCUT2D eigenvalue weighted by Gasteiger charge is 2.46. The van der Waals surface area contributed by atoms with Gasteiger partial charge in [0.05, 0.1) is 6.61 Å². The third kappa shape index (κ3) is 3.78. The molecule has 0 bridgehead atoms. The Morgan fingerprint density at radius 2 is 2.19 bits per heavy atom. The number of methoxy groups -OCH3 is 1. The van der Waals surface area contributed by atoms with Gasteiger partial charge in [0.1, 0.15) is 10.6 Å². The fraction of sp³-hybridized carbons (Fsp3) is 0.615. The number of halogens is 1. The molecule has 0 aromatic carbocycles. The second-order valence-electron chi connectivity index (χ2n) is 5.90.